The molecule has 0 fully saturated rings. The highest BCUT2D eigenvalue weighted by atomic mass is 16.4. The van der Waals surface area contributed by atoms with E-state index in [1.165, 1.54) is 0 Å². The average molecular weight is 353 g/mol. The fourth-order valence-electron chi connectivity index (χ4n) is 2.78. The number of carbonyl (C=O) groups excluding carboxylic acids is 2. The molecule has 5 nitrogen and oxygen atoms in total. The number of aliphatic carboxylic acids is 1. The van der Waals surface area contributed by atoms with Gasteiger partial charge in [0.1, 0.15) is 0 Å². The highest BCUT2D eigenvalue weighted by Crippen LogP contribution is 2.18. The van der Waals surface area contributed by atoms with E-state index in [0.29, 0.717) is 5.56 Å². The number of carboxylic acids is 1. The third-order valence-electron chi connectivity index (χ3n) is 4.19. The van der Waals surface area contributed by atoms with Crippen molar-refractivity contribution in [1.29, 1.82) is 0 Å². The molecule has 0 aliphatic rings. The molecule has 2 aromatic rings. The van der Waals surface area contributed by atoms with Crippen LogP contribution in [-0.2, 0) is 9.59 Å². The quantitative estimate of drug-likeness (QED) is 0.710. The summed E-state index contributed by atoms with van der Waals surface area (Å²) in [6.45, 7) is 3.78. The van der Waals surface area contributed by atoms with E-state index in [-0.39, 0.29) is 31.0 Å². The summed E-state index contributed by atoms with van der Waals surface area (Å²) in [4.78, 5) is 35.7. The van der Waals surface area contributed by atoms with Crippen LogP contribution >= 0.6 is 0 Å². The minimum Gasteiger partial charge on any atom is -0.481 e. The summed E-state index contributed by atoms with van der Waals surface area (Å²) in [5.41, 5.74) is 3.23. The number of Topliss-reactive ketones (excluding diaryl/α,β-unsaturated/α-hetero) is 1. The first-order valence-electron chi connectivity index (χ1n) is 8.53. The van der Waals surface area contributed by atoms with Gasteiger partial charge >= 0.3 is 5.97 Å². The van der Waals surface area contributed by atoms with Crippen molar-refractivity contribution in [3.8, 4) is 0 Å². The van der Waals surface area contributed by atoms with E-state index in [2.05, 4.69) is 5.32 Å². The second kappa shape index (κ2) is 8.94. The summed E-state index contributed by atoms with van der Waals surface area (Å²) in [6, 6.07) is 14.0. The highest BCUT2D eigenvalue weighted by Gasteiger charge is 2.19. The van der Waals surface area contributed by atoms with E-state index < -0.39 is 12.0 Å². The van der Waals surface area contributed by atoms with E-state index >= 15 is 0 Å². The molecule has 0 aromatic heterocycles. The molecule has 0 aliphatic heterocycles. The summed E-state index contributed by atoms with van der Waals surface area (Å²) in [5, 5.41) is 11.8. The number of amides is 1. The van der Waals surface area contributed by atoms with Crippen LogP contribution in [0, 0.1) is 13.8 Å². The van der Waals surface area contributed by atoms with Crippen molar-refractivity contribution < 1.29 is 19.5 Å². The molecular formula is C21H23NO4. The molecule has 0 bridgehead atoms. The van der Waals surface area contributed by atoms with E-state index in [0.717, 1.165) is 16.7 Å². The number of hydrogen-bond donors (Lipinski definition) is 2. The number of carboxylic acid groups (broad SMARTS) is 1. The molecule has 26 heavy (non-hydrogen) atoms. The van der Waals surface area contributed by atoms with Gasteiger partial charge in [-0.25, -0.2) is 0 Å². The van der Waals surface area contributed by atoms with E-state index in [1.807, 2.05) is 38.1 Å². The molecule has 136 valence electrons. The summed E-state index contributed by atoms with van der Waals surface area (Å²) in [5.74, 6) is -1.42. The molecule has 0 heterocycles. The molecule has 1 atom stereocenters. The van der Waals surface area contributed by atoms with Crippen LogP contribution in [0.1, 0.15) is 52.4 Å². The van der Waals surface area contributed by atoms with Crippen LogP contribution in [0.3, 0.4) is 0 Å². The number of benzene rings is 2. The summed E-state index contributed by atoms with van der Waals surface area (Å²) in [7, 11) is 0. The second-order valence-electron chi connectivity index (χ2n) is 6.37. The van der Waals surface area contributed by atoms with E-state index in [4.69, 9.17) is 5.11 Å². The normalized spacial score (nSPS) is 11.6. The molecule has 5 heteroatoms. The Morgan fingerprint density at radius 1 is 1.00 bits per heavy atom. The monoisotopic (exact) mass is 353 g/mol. The number of aryl methyl sites for hydroxylation is 2. The molecule has 0 spiro atoms. The van der Waals surface area contributed by atoms with Crippen molar-refractivity contribution in [3.63, 3.8) is 0 Å². The maximum Gasteiger partial charge on any atom is 0.305 e. The van der Waals surface area contributed by atoms with Gasteiger partial charge in [0.2, 0.25) is 5.91 Å². The van der Waals surface area contributed by atoms with Crippen LogP contribution in [0.4, 0.5) is 0 Å². The number of hydrogen-bond acceptors (Lipinski definition) is 3. The SMILES string of the molecule is Cc1ccc(C)c(C(=O)CCC(=O)NC(CC(=O)O)c2ccccc2)c1. The fraction of sp³-hybridized carbons (Fsp3) is 0.286. The van der Waals surface area contributed by atoms with Gasteiger partial charge < -0.3 is 10.4 Å². The number of nitrogens with one attached hydrogen (secondary N) is 1. The second-order valence-corrected chi connectivity index (χ2v) is 6.37. The summed E-state index contributed by atoms with van der Waals surface area (Å²) >= 11 is 0. The molecule has 0 aliphatic carbocycles. The van der Waals surface area contributed by atoms with Crippen molar-refractivity contribution in [2.75, 3.05) is 0 Å². The minimum atomic E-state index is -0.995. The maximum atomic E-state index is 12.4. The van der Waals surface area contributed by atoms with Gasteiger partial charge in [0, 0.05) is 18.4 Å². The molecule has 2 aromatic carbocycles. The molecule has 1 unspecified atom stereocenters. The Labute approximate surface area is 153 Å². The molecule has 1 amide bonds. The zero-order valence-electron chi connectivity index (χ0n) is 15.0. The zero-order valence-corrected chi connectivity index (χ0v) is 15.0. The molecule has 2 rings (SSSR count). The van der Waals surface area contributed by atoms with E-state index in [1.54, 1.807) is 24.3 Å². The Kier molecular flexibility index (Phi) is 6.67. The van der Waals surface area contributed by atoms with Crippen molar-refractivity contribution >= 4 is 17.7 Å². The lowest BCUT2D eigenvalue weighted by Gasteiger charge is -2.17. The first-order valence-corrected chi connectivity index (χ1v) is 8.53. The van der Waals surface area contributed by atoms with Crippen molar-refractivity contribution in [1.82, 2.24) is 5.32 Å². The molecule has 0 radical (unpaired) electrons. The smallest absolute Gasteiger partial charge is 0.305 e. The zero-order chi connectivity index (χ0) is 19.1. The van der Waals surface area contributed by atoms with Gasteiger partial charge in [0.25, 0.3) is 0 Å². The van der Waals surface area contributed by atoms with Crippen LogP contribution in [0.5, 0.6) is 0 Å². The predicted molar refractivity (Wildman–Crippen MR) is 99.1 cm³/mol. The highest BCUT2D eigenvalue weighted by molar-refractivity contribution is 5.99. The predicted octanol–water partition coefficient (Wildman–Crippen LogP) is 3.60. The Balaban J connectivity index is 1.98. The third kappa shape index (κ3) is 5.55. The van der Waals surface area contributed by atoms with E-state index in [9.17, 15) is 14.4 Å². The first kappa shape index (κ1) is 19.4. The van der Waals surface area contributed by atoms with Crippen molar-refractivity contribution in [2.45, 2.75) is 39.2 Å². The Hall–Kier alpha value is -2.95. The Morgan fingerprint density at radius 3 is 2.35 bits per heavy atom. The summed E-state index contributed by atoms with van der Waals surface area (Å²) < 4.78 is 0. The number of rotatable bonds is 8. The third-order valence-corrected chi connectivity index (χ3v) is 4.19. The van der Waals surface area contributed by atoms with Gasteiger partial charge in [-0.1, -0.05) is 48.0 Å². The van der Waals surface area contributed by atoms with Crippen LogP contribution in [-0.4, -0.2) is 22.8 Å². The van der Waals surface area contributed by atoms with Crippen LogP contribution in [0.15, 0.2) is 48.5 Å². The number of ketones is 1. The largest absolute Gasteiger partial charge is 0.481 e. The Bertz CT molecular complexity index is 799. The molecular weight excluding hydrogens is 330 g/mol. The van der Waals surface area contributed by atoms with Crippen LogP contribution < -0.4 is 5.32 Å². The minimum absolute atomic E-state index is 0.0230. The van der Waals surface area contributed by atoms with Gasteiger partial charge in [0.15, 0.2) is 5.78 Å². The molecule has 0 saturated carbocycles. The lowest BCUT2D eigenvalue weighted by Crippen LogP contribution is -2.30. The number of carbonyl (C=O) groups is 3. The van der Waals surface area contributed by atoms with Gasteiger partial charge in [-0.2, -0.15) is 0 Å². The Morgan fingerprint density at radius 2 is 1.69 bits per heavy atom. The lowest BCUT2D eigenvalue weighted by atomic mass is 9.99. The molecule has 0 saturated heterocycles. The topological polar surface area (TPSA) is 83.5 Å². The van der Waals surface area contributed by atoms with Gasteiger partial charge in [-0.15, -0.1) is 0 Å². The van der Waals surface area contributed by atoms with Gasteiger partial charge in [-0.3, -0.25) is 14.4 Å². The van der Waals surface area contributed by atoms with Crippen molar-refractivity contribution in [2.24, 2.45) is 0 Å². The maximum absolute atomic E-state index is 12.4. The average Bonchev–Trinajstić information content (AvgIpc) is 2.61. The van der Waals surface area contributed by atoms with Gasteiger partial charge in [-0.05, 0) is 31.0 Å². The van der Waals surface area contributed by atoms with Crippen LogP contribution in [0.25, 0.3) is 0 Å². The summed E-state index contributed by atoms with van der Waals surface area (Å²) in [6.07, 6.45) is -0.0967. The van der Waals surface area contributed by atoms with Gasteiger partial charge in [0.05, 0.1) is 12.5 Å². The first-order chi connectivity index (χ1) is 12.4. The van der Waals surface area contributed by atoms with Crippen LogP contribution in [0.2, 0.25) is 0 Å². The van der Waals surface area contributed by atoms with Crippen molar-refractivity contribution in [3.05, 3.63) is 70.8 Å². The standard InChI is InChI=1S/C21H23NO4/c1-14-8-9-15(2)17(12-14)19(23)10-11-20(24)22-18(13-21(25)26)16-6-4-3-5-7-16/h3-9,12,18H,10-11,13H2,1-2H3,(H,22,24)(H,25,26). The lowest BCUT2D eigenvalue weighted by molar-refractivity contribution is -0.137. The molecule has 2 N–H and O–H groups in total. The fourth-order valence-corrected chi connectivity index (χ4v) is 2.78.